The molecule has 0 saturated carbocycles. The molecule has 2 aromatic heterocycles. The highest BCUT2D eigenvalue weighted by atomic mass is 16.3. The summed E-state index contributed by atoms with van der Waals surface area (Å²) in [5.74, 6) is 0.319. The molecule has 7 heteroatoms. The van der Waals surface area contributed by atoms with Crippen LogP contribution >= 0.6 is 0 Å². The minimum atomic E-state index is -0.888. The van der Waals surface area contributed by atoms with Crippen LogP contribution in [-0.2, 0) is 13.0 Å². The van der Waals surface area contributed by atoms with Gasteiger partial charge in [-0.2, -0.15) is 0 Å². The summed E-state index contributed by atoms with van der Waals surface area (Å²) in [5, 5.41) is 13.8. The first-order chi connectivity index (χ1) is 13.5. The maximum atomic E-state index is 10.6. The Labute approximate surface area is 164 Å². The molecule has 1 atom stereocenters. The SMILES string of the molecule is Cc1cccc(NC(O)c2cc(N3CCc4nc(N)ncc4C3)c(C)cn2)c1. The number of anilines is 3. The maximum Gasteiger partial charge on any atom is 0.220 e. The van der Waals surface area contributed by atoms with Gasteiger partial charge in [-0.05, 0) is 43.2 Å². The second-order valence-electron chi connectivity index (χ2n) is 7.18. The summed E-state index contributed by atoms with van der Waals surface area (Å²) in [6, 6.07) is 9.85. The number of benzene rings is 1. The summed E-state index contributed by atoms with van der Waals surface area (Å²) >= 11 is 0. The molecule has 0 radical (unpaired) electrons. The van der Waals surface area contributed by atoms with Crippen LogP contribution < -0.4 is 16.0 Å². The summed E-state index contributed by atoms with van der Waals surface area (Å²) in [5.41, 5.74) is 12.5. The van der Waals surface area contributed by atoms with Crippen LogP contribution in [0.25, 0.3) is 0 Å². The zero-order valence-electron chi connectivity index (χ0n) is 16.1. The van der Waals surface area contributed by atoms with E-state index in [9.17, 15) is 5.11 Å². The molecule has 1 aromatic carbocycles. The Morgan fingerprint density at radius 1 is 1.18 bits per heavy atom. The van der Waals surface area contributed by atoms with Gasteiger partial charge < -0.3 is 21.1 Å². The van der Waals surface area contributed by atoms with Crippen molar-refractivity contribution in [1.82, 2.24) is 15.0 Å². The van der Waals surface area contributed by atoms with Gasteiger partial charge in [0.2, 0.25) is 5.95 Å². The molecule has 0 amide bonds. The first-order valence-corrected chi connectivity index (χ1v) is 9.32. The molecule has 28 heavy (non-hydrogen) atoms. The van der Waals surface area contributed by atoms with E-state index in [4.69, 9.17) is 5.73 Å². The van der Waals surface area contributed by atoms with Gasteiger partial charge in [0, 0.05) is 48.8 Å². The third-order valence-electron chi connectivity index (χ3n) is 4.99. The van der Waals surface area contributed by atoms with Gasteiger partial charge in [0.25, 0.3) is 0 Å². The topological polar surface area (TPSA) is 100 Å². The fourth-order valence-corrected chi connectivity index (χ4v) is 3.52. The van der Waals surface area contributed by atoms with Crippen LogP contribution in [-0.4, -0.2) is 26.6 Å². The quantitative estimate of drug-likeness (QED) is 0.602. The zero-order chi connectivity index (χ0) is 19.7. The molecular weight excluding hydrogens is 352 g/mol. The number of nitrogen functional groups attached to an aromatic ring is 1. The van der Waals surface area contributed by atoms with Crippen LogP contribution in [0.2, 0.25) is 0 Å². The molecule has 3 aromatic rings. The minimum Gasteiger partial charge on any atom is -0.368 e. The molecule has 1 unspecified atom stereocenters. The van der Waals surface area contributed by atoms with E-state index < -0.39 is 6.23 Å². The van der Waals surface area contributed by atoms with E-state index in [0.29, 0.717) is 18.2 Å². The van der Waals surface area contributed by atoms with Crippen molar-refractivity contribution in [2.45, 2.75) is 33.0 Å². The summed E-state index contributed by atoms with van der Waals surface area (Å²) in [4.78, 5) is 15.2. The van der Waals surface area contributed by atoms with Crippen LogP contribution in [0.5, 0.6) is 0 Å². The number of fused-ring (bicyclic) bond motifs is 1. The molecule has 1 aliphatic rings. The zero-order valence-corrected chi connectivity index (χ0v) is 16.1. The van der Waals surface area contributed by atoms with Gasteiger partial charge in [0.05, 0.1) is 11.4 Å². The number of aliphatic hydroxyl groups excluding tert-OH is 1. The van der Waals surface area contributed by atoms with Gasteiger partial charge in [0.15, 0.2) is 6.23 Å². The number of hydrogen-bond donors (Lipinski definition) is 3. The maximum absolute atomic E-state index is 10.6. The number of aryl methyl sites for hydroxylation is 2. The Bertz CT molecular complexity index is 1010. The van der Waals surface area contributed by atoms with E-state index in [1.54, 1.807) is 12.4 Å². The average Bonchev–Trinajstić information content (AvgIpc) is 2.68. The lowest BCUT2D eigenvalue weighted by Crippen LogP contribution is -2.32. The largest absolute Gasteiger partial charge is 0.368 e. The summed E-state index contributed by atoms with van der Waals surface area (Å²) in [6.45, 7) is 5.59. The highest BCUT2D eigenvalue weighted by molar-refractivity contribution is 5.56. The lowest BCUT2D eigenvalue weighted by molar-refractivity contribution is 0.203. The Morgan fingerprint density at radius 3 is 2.86 bits per heavy atom. The fraction of sp³-hybridized carbons (Fsp3) is 0.286. The molecule has 0 aliphatic carbocycles. The molecule has 0 saturated heterocycles. The molecule has 7 nitrogen and oxygen atoms in total. The number of aliphatic hydroxyl groups is 1. The van der Waals surface area contributed by atoms with E-state index in [2.05, 4.69) is 25.2 Å². The highest BCUT2D eigenvalue weighted by Gasteiger charge is 2.21. The van der Waals surface area contributed by atoms with Gasteiger partial charge in [-0.25, -0.2) is 9.97 Å². The molecule has 1 aliphatic heterocycles. The number of nitrogens with zero attached hydrogens (tertiary/aromatic N) is 4. The van der Waals surface area contributed by atoms with Crippen molar-refractivity contribution in [3.8, 4) is 0 Å². The number of hydrogen-bond acceptors (Lipinski definition) is 7. The Balaban J connectivity index is 1.56. The Hall–Kier alpha value is -3.19. The van der Waals surface area contributed by atoms with Gasteiger partial charge in [0.1, 0.15) is 0 Å². The fourth-order valence-electron chi connectivity index (χ4n) is 3.52. The summed E-state index contributed by atoms with van der Waals surface area (Å²) in [6.07, 6.45) is 3.53. The van der Waals surface area contributed by atoms with Gasteiger partial charge in [-0.15, -0.1) is 0 Å². The van der Waals surface area contributed by atoms with E-state index in [0.717, 1.165) is 46.7 Å². The Morgan fingerprint density at radius 2 is 2.04 bits per heavy atom. The number of nitrogens with two attached hydrogens (primary N) is 1. The minimum absolute atomic E-state index is 0.319. The molecule has 144 valence electrons. The van der Waals surface area contributed by atoms with Crippen molar-refractivity contribution in [3.05, 3.63) is 70.8 Å². The predicted octanol–water partition coefficient (Wildman–Crippen LogP) is 2.74. The monoisotopic (exact) mass is 376 g/mol. The Kier molecular flexibility index (Phi) is 4.83. The van der Waals surface area contributed by atoms with Crippen molar-refractivity contribution in [3.63, 3.8) is 0 Å². The highest BCUT2D eigenvalue weighted by Crippen LogP contribution is 2.28. The second-order valence-corrected chi connectivity index (χ2v) is 7.18. The average molecular weight is 376 g/mol. The van der Waals surface area contributed by atoms with Crippen LogP contribution in [0.15, 0.2) is 42.7 Å². The van der Waals surface area contributed by atoms with Crippen molar-refractivity contribution >= 4 is 17.3 Å². The van der Waals surface area contributed by atoms with E-state index in [-0.39, 0.29) is 0 Å². The van der Waals surface area contributed by atoms with Gasteiger partial charge in [-0.1, -0.05) is 12.1 Å². The number of pyridine rings is 1. The third kappa shape index (κ3) is 3.75. The van der Waals surface area contributed by atoms with Crippen LogP contribution in [0.4, 0.5) is 17.3 Å². The van der Waals surface area contributed by atoms with Crippen molar-refractivity contribution in [1.29, 1.82) is 0 Å². The van der Waals surface area contributed by atoms with E-state index >= 15 is 0 Å². The van der Waals surface area contributed by atoms with Gasteiger partial charge in [-0.3, -0.25) is 4.98 Å². The van der Waals surface area contributed by atoms with Gasteiger partial charge >= 0.3 is 0 Å². The first kappa shape index (κ1) is 18.2. The molecule has 3 heterocycles. The smallest absolute Gasteiger partial charge is 0.220 e. The van der Waals surface area contributed by atoms with Crippen molar-refractivity contribution in [2.75, 3.05) is 22.5 Å². The molecule has 4 N–H and O–H groups in total. The van der Waals surface area contributed by atoms with Crippen molar-refractivity contribution < 1.29 is 5.11 Å². The number of rotatable bonds is 4. The second kappa shape index (κ2) is 7.44. The molecule has 0 bridgehead atoms. The van der Waals surface area contributed by atoms with Crippen LogP contribution in [0, 0.1) is 13.8 Å². The van der Waals surface area contributed by atoms with E-state index in [1.807, 2.05) is 44.2 Å². The molecular formula is C21H24N6O. The summed E-state index contributed by atoms with van der Waals surface area (Å²) in [7, 11) is 0. The molecule has 4 rings (SSSR count). The third-order valence-corrected chi connectivity index (χ3v) is 4.99. The first-order valence-electron chi connectivity index (χ1n) is 9.32. The normalized spacial score (nSPS) is 14.5. The molecule has 0 spiro atoms. The van der Waals surface area contributed by atoms with Crippen molar-refractivity contribution in [2.24, 2.45) is 0 Å². The predicted molar refractivity (Wildman–Crippen MR) is 110 cm³/mol. The van der Waals surface area contributed by atoms with Crippen LogP contribution in [0.3, 0.4) is 0 Å². The standard InChI is InChI=1S/C21H24N6O/c1-13-4-3-5-16(8-13)25-20(28)18-9-19(14(2)10-23-18)27-7-6-17-15(12-27)11-24-21(22)26-17/h3-5,8-11,20,25,28H,6-7,12H2,1-2H3,(H2,22,24,26). The summed E-state index contributed by atoms with van der Waals surface area (Å²) < 4.78 is 0. The molecule has 0 fully saturated rings. The number of aromatic nitrogens is 3. The lowest BCUT2D eigenvalue weighted by Gasteiger charge is -2.31. The van der Waals surface area contributed by atoms with Crippen LogP contribution in [0.1, 0.15) is 34.3 Å². The lowest BCUT2D eigenvalue weighted by atomic mass is 10.1. The van der Waals surface area contributed by atoms with E-state index in [1.165, 1.54) is 0 Å². The number of nitrogens with one attached hydrogen (secondary N) is 1.